The van der Waals surface area contributed by atoms with E-state index in [9.17, 15) is 9.59 Å². The summed E-state index contributed by atoms with van der Waals surface area (Å²) in [5.74, 6) is -1.23. The number of nitrogens with zero attached hydrogens (tertiary/aromatic N) is 2. The number of nitriles is 2. The molecule has 0 bridgehead atoms. The monoisotopic (exact) mass is 436 g/mol. The maximum atomic E-state index is 11.2. The van der Waals surface area contributed by atoms with Crippen LogP contribution in [0.5, 0.6) is 11.5 Å². The Morgan fingerprint density at radius 2 is 1.28 bits per heavy atom. The molecule has 0 aliphatic heterocycles. The minimum absolute atomic E-state index is 0.0349. The third-order valence-electron chi connectivity index (χ3n) is 3.40. The molecule has 0 fully saturated rings. The summed E-state index contributed by atoms with van der Waals surface area (Å²) in [4.78, 5) is 21.8. The van der Waals surface area contributed by atoms with Crippen LogP contribution in [0.1, 0.15) is 31.8 Å². The molecule has 0 heterocycles. The molecule has 0 aromatic heterocycles. The van der Waals surface area contributed by atoms with E-state index in [1.807, 2.05) is 12.1 Å². The van der Waals surface area contributed by atoms with Crippen LogP contribution < -0.4 is 9.47 Å². The van der Waals surface area contributed by atoms with Crippen molar-refractivity contribution < 1.29 is 28.9 Å². The second kappa shape index (κ2) is 10.8. The second-order valence-corrected chi connectivity index (χ2v) is 5.91. The van der Waals surface area contributed by atoms with Gasteiger partial charge in [0.2, 0.25) is 0 Å². The molecule has 2 rings (SSSR count). The lowest BCUT2D eigenvalue weighted by Crippen LogP contribution is -2.02. The van der Waals surface area contributed by atoms with Gasteiger partial charge < -0.3 is 19.3 Å². The van der Waals surface area contributed by atoms with Gasteiger partial charge in [-0.2, -0.15) is 10.5 Å². The molecule has 1 N–H and O–H groups in total. The van der Waals surface area contributed by atoms with Crippen LogP contribution in [-0.2, 0) is 4.74 Å². The lowest BCUT2D eigenvalue weighted by molar-refractivity contribution is 0.0599. The van der Waals surface area contributed by atoms with E-state index in [1.54, 1.807) is 0 Å². The van der Waals surface area contributed by atoms with Crippen LogP contribution in [0.2, 0.25) is 10.0 Å². The molecule has 150 valence electrons. The smallest absolute Gasteiger partial charge is 0.337 e. The number of ether oxygens (including phenoxy) is 3. The van der Waals surface area contributed by atoms with Crippen molar-refractivity contribution >= 4 is 35.1 Å². The Morgan fingerprint density at radius 3 is 1.62 bits per heavy atom. The number of hydrogen-bond donors (Lipinski definition) is 1. The molecule has 0 unspecified atom stereocenters. The molecule has 0 atom stereocenters. The number of rotatable bonds is 4. The normalized spacial score (nSPS) is 9.21. The van der Waals surface area contributed by atoms with E-state index >= 15 is 0 Å². The number of hydrogen-bond acceptors (Lipinski definition) is 7. The molecule has 29 heavy (non-hydrogen) atoms. The van der Waals surface area contributed by atoms with E-state index in [-0.39, 0.29) is 43.8 Å². The largest absolute Gasteiger partial charge is 0.494 e. The zero-order valence-electron chi connectivity index (χ0n) is 15.4. The zero-order valence-corrected chi connectivity index (χ0v) is 17.0. The highest BCUT2D eigenvalue weighted by molar-refractivity contribution is 6.33. The maximum absolute atomic E-state index is 11.2. The summed E-state index contributed by atoms with van der Waals surface area (Å²) in [5, 5.41) is 26.5. The van der Waals surface area contributed by atoms with Gasteiger partial charge in [-0.3, -0.25) is 0 Å². The van der Waals surface area contributed by atoms with Crippen molar-refractivity contribution in [2.24, 2.45) is 0 Å². The summed E-state index contributed by atoms with van der Waals surface area (Å²) < 4.78 is 14.3. The number of carbonyl (C=O) groups is 2. The number of methoxy groups -OCH3 is 3. The topological polar surface area (TPSA) is 130 Å². The van der Waals surface area contributed by atoms with Crippen LogP contribution in [0.25, 0.3) is 0 Å². The molecule has 0 saturated carbocycles. The SMILES string of the molecule is COC(=O)c1cc(Cl)c(OC)c(C#N)c1.COc1c(Cl)cc(C(=O)O)cc1C#N. The van der Waals surface area contributed by atoms with Gasteiger partial charge in [-0.15, -0.1) is 0 Å². The highest BCUT2D eigenvalue weighted by Crippen LogP contribution is 2.30. The second-order valence-electron chi connectivity index (χ2n) is 5.10. The van der Waals surface area contributed by atoms with Gasteiger partial charge in [0.15, 0.2) is 11.5 Å². The molecule has 0 aliphatic rings. The van der Waals surface area contributed by atoms with Crippen LogP contribution >= 0.6 is 23.2 Å². The summed E-state index contributed by atoms with van der Waals surface area (Å²) in [6, 6.07) is 8.92. The number of halogens is 2. The van der Waals surface area contributed by atoms with Gasteiger partial charge in [-0.1, -0.05) is 23.2 Å². The standard InChI is InChI=1S/C10H8ClNO3.C9H6ClNO3/c1-14-9-7(5-12)3-6(4-8(9)11)10(13)15-2;1-14-8-6(4-11)2-5(9(12)13)3-7(8)10/h3-4H,1-2H3;2-3H,1H3,(H,12,13). The predicted octanol–water partition coefficient (Wildman–Crippen LogP) is 3.93. The van der Waals surface area contributed by atoms with Crippen molar-refractivity contribution in [3.8, 4) is 23.6 Å². The first-order valence-corrected chi connectivity index (χ1v) is 8.36. The molecule has 0 saturated heterocycles. The number of benzene rings is 2. The molecular weight excluding hydrogens is 423 g/mol. The van der Waals surface area contributed by atoms with E-state index in [4.69, 9.17) is 48.3 Å². The molecule has 10 heteroatoms. The van der Waals surface area contributed by atoms with Crippen LogP contribution in [0.4, 0.5) is 0 Å². The highest BCUT2D eigenvalue weighted by Gasteiger charge is 2.15. The summed E-state index contributed by atoms with van der Waals surface area (Å²) in [6.45, 7) is 0. The van der Waals surface area contributed by atoms with E-state index in [0.29, 0.717) is 0 Å². The first kappa shape index (κ1) is 23.6. The van der Waals surface area contributed by atoms with Gasteiger partial charge in [0.1, 0.15) is 12.1 Å². The number of carboxylic acid groups (broad SMARTS) is 1. The van der Waals surface area contributed by atoms with Gasteiger partial charge in [0.25, 0.3) is 0 Å². The number of carbonyl (C=O) groups excluding carboxylic acids is 1. The van der Waals surface area contributed by atoms with Gasteiger partial charge >= 0.3 is 11.9 Å². The Hall–Kier alpha value is -3.46. The summed E-state index contributed by atoms with van der Waals surface area (Å²) in [6.07, 6.45) is 0. The molecule has 8 nitrogen and oxygen atoms in total. The average Bonchev–Trinajstić information content (AvgIpc) is 2.71. The van der Waals surface area contributed by atoms with Crippen LogP contribution in [0, 0.1) is 22.7 Å². The van der Waals surface area contributed by atoms with Crippen LogP contribution in [-0.4, -0.2) is 38.4 Å². The molecule has 0 radical (unpaired) electrons. The summed E-state index contributed by atoms with van der Waals surface area (Å²) >= 11 is 11.5. The Balaban J connectivity index is 0.000000291. The lowest BCUT2D eigenvalue weighted by atomic mass is 10.1. The molecule has 2 aromatic rings. The quantitative estimate of drug-likeness (QED) is 0.713. The van der Waals surface area contributed by atoms with Crippen LogP contribution in [0.3, 0.4) is 0 Å². The lowest BCUT2D eigenvalue weighted by Gasteiger charge is -2.07. The van der Waals surface area contributed by atoms with E-state index < -0.39 is 11.9 Å². The Bertz CT molecular complexity index is 1020. The minimum Gasteiger partial charge on any atom is -0.494 e. The van der Waals surface area contributed by atoms with Crippen molar-refractivity contribution in [1.82, 2.24) is 0 Å². The van der Waals surface area contributed by atoms with Gasteiger partial charge in [0, 0.05) is 0 Å². The third kappa shape index (κ3) is 5.76. The van der Waals surface area contributed by atoms with Gasteiger partial charge in [-0.25, -0.2) is 9.59 Å². The first-order valence-electron chi connectivity index (χ1n) is 7.60. The van der Waals surface area contributed by atoms with E-state index in [0.717, 1.165) is 0 Å². The van der Waals surface area contributed by atoms with Crippen LogP contribution in [0.15, 0.2) is 24.3 Å². The third-order valence-corrected chi connectivity index (χ3v) is 3.97. The number of aromatic carboxylic acids is 1. The minimum atomic E-state index is -1.13. The van der Waals surface area contributed by atoms with E-state index in [2.05, 4.69) is 4.74 Å². The van der Waals surface area contributed by atoms with Crippen molar-refractivity contribution in [1.29, 1.82) is 10.5 Å². The zero-order chi connectivity index (χ0) is 22.1. The highest BCUT2D eigenvalue weighted by atomic mass is 35.5. The maximum Gasteiger partial charge on any atom is 0.337 e. The van der Waals surface area contributed by atoms with E-state index in [1.165, 1.54) is 45.6 Å². The van der Waals surface area contributed by atoms with Crippen molar-refractivity contribution in [3.05, 3.63) is 56.6 Å². The molecule has 0 amide bonds. The Morgan fingerprint density at radius 1 is 0.862 bits per heavy atom. The molecule has 0 spiro atoms. The fraction of sp³-hybridized carbons (Fsp3) is 0.158. The fourth-order valence-corrected chi connectivity index (χ4v) is 2.72. The number of carboxylic acids is 1. The summed E-state index contributed by atoms with van der Waals surface area (Å²) in [5.41, 5.74) is 0.495. The van der Waals surface area contributed by atoms with Crippen molar-refractivity contribution in [3.63, 3.8) is 0 Å². The summed E-state index contributed by atoms with van der Waals surface area (Å²) in [7, 11) is 4.02. The van der Waals surface area contributed by atoms with Gasteiger partial charge in [-0.05, 0) is 24.3 Å². The Kier molecular flexibility index (Phi) is 8.75. The first-order chi connectivity index (χ1) is 13.7. The molecule has 2 aromatic carbocycles. The van der Waals surface area contributed by atoms with Crippen molar-refractivity contribution in [2.75, 3.05) is 21.3 Å². The number of esters is 1. The predicted molar refractivity (Wildman–Crippen MR) is 104 cm³/mol. The fourth-order valence-electron chi connectivity index (χ4n) is 2.13. The van der Waals surface area contributed by atoms with Gasteiger partial charge in [0.05, 0.1) is 53.6 Å². The molecule has 0 aliphatic carbocycles. The van der Waals surface area contributed by atoms with Crippen molar-refractivity contribution in [2.45, 2.75) is 0 Å². The molecular formula is C19H14Cl2N2O6. The Labute approximate surface area is 176 Å². The average molecular weight is 437 g/mol.